The lowest BCUT2D eigenvalue weighted by Gasteiger charge is -2.38. The first-order valence-corrected chi connectivity index (χ1v) is 15.1. The van der Waals surface area contributed by atoms with Crippen molar-refractivity contribution in [2.24, 2.45) is 11.8 Å². The summed E-state index contributed by atoms with van der Waals surface area (Å²) in [5.41, 5.74) is 4.42. The number of hydrogen-bond donors (Lipinski definition) is 0. The minimum atomic E-state index is 0.408. The van der Waals surface area contributed by atoms with Crippen molar-refractivity contribution >= 4 is 0 Å². The Bertz CT molecular complexity index is 840. The molecule has 2 aliphatic rings. The lowest BCUT2D eigenvalue weighted by atomic mass is 9.66. The van der Waals surface area contributed by atoms with Crippen molar-refractivity contribution in [3.05, 3.63) is 47.8 Å². The molecule has 0 radical (unpaired) electrons. The van der Waals surface area contributed by atoms with E-state index in [2.05, 4.69) is 50.5 Å². The Morgan fingerprint density at radius 3 is 2.03 bits per heavy atom. The van der Waals surface area contributed by atoms with Crippen LogP contribution in [0.15, 0.2) is 36.7 Å². The largest absolute Gasteiger partial charge is 0.236 e. The molecule has 1 aromatic carbocycles. The van der Waals surface area contributed by atoms with E-state index in [0.29, 0.717) is 5.41 Å². The maximum Gasteiger partial charge on any atom is 0.159 e. The molecule has 0 amide bonds. The summed E-state index contributed by atoms with van der Waals surface area (Å²) >= 11 is 0. The zero-order valence-corrected chi connectivity index (χ0v) is 22.7. The molecule has 0 unspecified atom stereocenters. The molecule has 2 aliphatic carbocycles. The second-order valence-electron chi connectivity index (χ2n) is 11.9. The van der Waals surface area contributed by atoms with Crippen LogP contribution in [0.3, 0.4) is 0 Å². The molecule has 0 atom stereocenters. The van der Waals surface area contributed by atoms with Crippen LogP contribution in [0.25, 0.3) is 11.4 Å². The maximum absolute atomic E-state index is 4.77. The van der Waals surface area contributed by atoms with Gasteiger partial charge in [-0.2, -0.15) is 0 Å². The van der Waals surface area contributed by atoms with Gasteiger partial charge in [-0.25, -0.2) is 9.97 Å². The first kappa shape index (κ1) is 26.4. The fourth-order valence-electron chi connectivity index (χ4n) is 7.00. The molecule has 2 heteroatoms. The molecular formula is C33H50N2. The van der Waals surface area contributed by atoms with Crippen molar-refractivity contribution in [2.45, 2.75) is 135 Å². The van der Waals surface area contributed by atoms with E-state index in [1.807, 2.05) is 0 Å². The Morgan fingerprint density at radius 2 is 1.40 bits per heavy atom. The van der Waals surface area contributed by atoms with Crippen molar-refractivity contribution in [1.82, 2.24) is 9.97 Å². The third-order valence-electron chi connectivity index (χ3n) is 9.28. The Kier molecular flexibility index (Phi) is 10.2. The van der Waals surface area contributed by atoms with E-state index in [9.17, 15) is 0 Å². The number of benzene rings is 1. The quantitative estimate of drug-likeness (QED) is 0.286. The SMILES string of the molecule is CCCCCCC1(c2ccc(-c3ncc(CCC4CCC(CCC)CC4)cn3)cc2)CCCCC1. The van der Waals surface area contributed by atoms with Crippen LogP contribution in [0.5, 0.6) is 0 Å². The summed E-state index contributed by atoms with van der Waals surface area (Å²) in [6, 6.07) is 9.35. The fraction of sp³-hybridized carbons (Fsp3) is 0.697. The third kappa shape index (κ3) is 7.40. The van der Waals surface area contributed by atoms with Crippen molar-refractivity contribution < 1.29 is 0 Å². The van der Waals surface area contributed by atoms with Gasteiger partial charge >= 0.3 is 0 Å². The highest BCUT2D eigenvalue weighted by molar-refractivity contribution is 5.55. The van der Waals surface area contributed by atoms with Gasteiger partial charge in [0.1, 0.15) is 0 Å². The smallest absolute Gasteiger partial charge is 0.159 e. The second-order valence-corrected chi connectivity index (χ2v) is 11.9. The zero-order chi connectivity index (χ0) is 24.3. The van der Waals surface area contributed by atoms with Gasteiger partial charge in [-0.1, -0.05) is 122 Å². The van der Waals surface area contributed by atoms with Crippen molar-refractivity contribution in [3.8, 4) is 11.4 Å². The molecule has 0 aliphatic heterocycles. The minimum Gasteiger partial charge on any atom is -0.236 e. The standard InChI is InChI=1S/C33H50N2/c1-3-5-6-8-22-33(23-9-7-10-24-33)31-20-18-30(19-21-31)32-34-25-29(26-35-32)17-16-28-14-12-27(11-4-2)13-15-28/h18-21,25-28H,3-17,22-24H2,1-2H3. The molecule has 0 saturated heterocycles. The molecule has 1 aromatic heterocycles. The number of nitrogens with zero attached hydrogens (tertiary/aromatic N) is 2. The lowest BCUT2D eigenvalue weighted by Crippen LogP contribution is -2.29. The van der Waals surface area contributed by atoms with Gasteiger partial charge < -0.3 is 0 Å². The van der Waals surface area contributed by atoms with Gasteiger partial charge in [0.25, 0.3) is 0 Å². The average molecular weight is 475 g/mol. The van der Waals surface area contributed by atoms with Crippen LogP contribution < -0.4 is 0 Å². The summed E-state index contributed by atoms with van der Waals surface area (Å²) in [7, 11) is 0. The lowest BCUT2D eigenvalue weighted by molar-refractivity contribution is 0.252. The molecule has 0 bridgehead atoms. The summed E-state index contributed by atoms with van der Waals surface area (Å²) in [5.74, 6) is 2.78. The normalized spacial score (nSPS) is 22.2. The van der Waals surface area contributed by atoms with E-state index in [1.165, 1.54) is 115 Å². The highest BCUT2D eigenvalue weighted by Crippen LogP contribution is 2.44. The second kappa shape index (κ2) is 13.6. The molecule has 2 nitrogen and oxygen atoms in total. The Morgan fingerprint density at radius 1 is 0.743 bits per heavy atom. The number of aryl methyl sites for hydroxylation is 1. The van der Waals surface area contributed by atoms with E-state index in [1.54, 1.807) is 5.56 Å². The maximum atomic E-state index is 4.77. The van der Waals surface area contributed by atoms with Gasteiger partial charge in [0.05, 0.1) is 0 Å². The first-order valence-electron chi connectivity index (χ1n) is 15.1. The van der Waals surface area contributed by atoms with Crippen molar-refractivity contribution in [2.75, 3.05) is 0 Å². The molecule has 35 heavy (non-hydrogen) atoms. The highest BCUT2D eigenvalue weighted by atomic mass is 14.9. The minimum absolute atomic E-state index is 0.408. The molecule has 2 fully saturated rings. The Balaban J connectivity index is 1.32. The summed E-state index contributed by atoms with van der Waals surface area (Å²) in [6.45, 7) is 4.63. The van der Waals surface area contributed by atoms with Crippen LogP contribution >= 0.6 is 0 Å². The van der Waals surface area contributed by atoms with E-state index in [4.69, 9.17) is 9.97 Å². The van der Waals surface area contributed by atoms with Gasteiger partial charge in [-0.3, -0.25) is 0 Å². The van der Waals surface area contributed by atoms with Crippen LogP contribution in [-0.2, 0) is 11.8 Å². The van der Waals surface area contributed by atoms with E-state index in [0.717, 1.165) is 29.6 Å². The molecule has 192 valence electrons. The van der Waals surface area contributed by atoms with E-state index in [-0.39, 0.29) is 0 Å². The summed E-state index contributed by atoms with van der Waals surface area (Å²) < 4.78 is 0. The van der Waals surface area contributed by atoms with Gasteiger partial charge in [-0.15, -0.1) is 0 Å². The van der Waals surface area contributed by atoms with Crippen LogP contribution in [0.4, 0.5) is 0 Å². The number of hydrogen-bond acceptors (Lipinski definition) is 2. The predicted molar refractivity (Wildman–Crippen MR) is 150 cm³/mol. The molecule has 2 aromatic rings. The van der Waals surface area contributed by atoms with Crippen LogP contribution in [0.2, 0.25) is 0 Å². The summed E-state index contributed by atoms with van der Waals surface area (Å²) in [5, 5.41) is 0. The summed E-state index contributed by atoms with van der Waals surface area (Å²) in [4.78, 5) is 9.54. The topological polar surface area (TPSA) is 25.8 Å². The Labute approximate surface area is 215 Å². The van der Waals surface area contributed by atoms with Crippen LogP contribution in [-0.4, -0.2) is 9.97 Å². The summed E-state index contributed by atoms with van der Waals surface area (Å²) in [6.07, 6.45) is 28.9. The van der Waals surface area contributed by atoms with Gasteiger partial charge in [0.2, 0.25) is 0 Å². The van der Waals surface area contributed by atoms with Crippen LogP contribution in [0.1, 0.15) is 134 Å². The van der Waals surface area contributed by atoms with Gasteiger partial charge in [0, 0.05) is 18.0 Å². The molecular weight excluding hydrogens is 424 g/mol. The molecule has 4 rings (SSSR count). The predicted octanol–water partition coefficient (Wildman–Crippen LogP) is 9.85. The number of aromatic nitrogens is 2. The average Bonchev–Trinajstić information content (AvgIpc) is 2.92. The number of unbranched alkanes of at least 4 members (excludes halogenated alkanes) is 3. The van der Waals surface area contributed by atoms with Gasteiger partial charge in [-0.05, 0) is 60.5 Å². The molecule has 0 N–H and O–H groups in total. The monoisotopic (exact) mass is 474 g/mol. The third-order valence-corrected chi connectivity index (χ3v) is 9.28. The van der Waals surface area contributed by atoms with E-state index < -0.39 is 0 Å². The first-order chi connectivity index (χ1) is 17.2. The van der Waals surface area contributed by atoms with Gasteiger partial charge in [0.15, 0.2) is 5.82 Å². The number of rotatable bonds is 12. The van der Waals surface area contributed by atoms with Crippen LogP contribution in [0, 0.1) is 11.8 Å². The fourth-order valence-corrected chi connectivity index (χ4v) is 7.00. The van der Waals surface area contributed by atoms with E-state index >= 15 is 0 Å². The zero-order valence-electron chi connectivity index (χ0n) is 22.7. The van der Waals surface area contributed by atoms with Crippen molar-refractivity contribution in [3.63, 3.8) is 0 Å². The Hall–Kier alpha value is -1.70. The highest BCUT2D eigenvalue weighted by Gasteiger charge is 2.33. The molecule has 2 saturated carbocycles. The van der Waals surface area contributed by atoms with Crippen molar-refractivity contribution in [1.29, 1.82) is 0 Å². The molecule has 1 heterocycles. The molecule has 0 spiro atoms.